The Hall–Kier alpha value is -0.0800. The lowest BCUT2D eigenvalue weighted by Gasteiger charge is -2.42. The van der Waals surface area contributed by atoms with Crippen LogP contribution in [0.2, 0.25) is 0 Å². The Morgan fingerprint density at radius 3 is 2.55 bits per heavy atom. The summed E-state index contributed by atoms with van der Waals surface area (Å²) < 4.78 is 0. The summed E-state index contributed by atoms with van der Waals surface area (Å²) in [5, 5.41) is 3.39. The summed E-state index contributed by atoms with van der Waals surface area (Å²) in [6.07, 6.45) is 1.28. The van der Waals surface area contributed by atoms with Crippen LogP contribution in [0.15, 0.2) is 0 Å². The van der Waals surface area contributed by atoms with Crippen molar-refractivity contribution in [2.75, 3.05) is 27.2 Å². The molecule has 0 aromatic heterocycles. The molecule has 11 heavy (non-hydrogen) atoms. The molecule has 2 nitrogen and oxygen atoms in total. The van der Waals surface area contributed by atoms with E-state index in [0.717, 1.165) is 0 Å². The Labute approximate surface area is 70.0 Å². The number of likely N-dealkylation sites (tertiary alicyclic amines) is 1. The molecule has 1 saturated heterocycles. The van der Waals surface area contributed by atoms with Crippen molar-refractivity contribution in [3.8, 4) is 0 Å². The molecule has 1 fully saturated rings. The van der Waals surface area contributed by atoms with Crippen molar-refractivity contribution in [2.45, 2.75) is 26.3 Å². The molecule has 0 saturated carbocycles. The fourth-order valence-electron chi connectivity index (χ4n) is 2.16. The second kappa shape index (κ2) is 3.11. The molecule has 0 aromatic rings. The largest absolute Gasteiger partial charge is 0.316 e. The molecule has 1 N–H and O–H groups in total. The van der Waals surface area contributed by atoms with Crippen LogP contribution in [0.5, 0.6) is 0 Å². The van der Waals surface area contributed by atoms with Crippen molar-refractivity contribution in [3.63, 3.8) is 0 Å². The van der Waals surface area contributed by atoms with Crippen LogP contribution in [0.3, 0.4) is 0 Å². The molecule has 0 bridgehead atoms. The van der Waals surface area contributed by atoms with Crippen LogP contribution in [0.25, 0.3) is 0 Å². The average molecular weight is 156 g/mol. The van der Waals surface area contributed by atoms with E-state index in [9.17, 15) is 0 Å². The van der Waals surface area contributed by atoms with E-state index >= 15 is 0 Å². The zero-order valence-electron chi connectivity index (χ0n) is 8.15. The SMILES string of the molecule is CNC1CCN(C)CC1(C)C. The Morgan fingerprint density at radius 1 is 1.45 bits per heavy atom. The van der Waals surface area contributed by atoms with Gasteiger partial charge in [-0.1, -0.05) is 13.8 Å². The van der Waals surface area contributed by atoms with E-state index in [1.165, 1.54) is 19.5 Å². The first-order chi connectivity index (χ1) is 5.06. The van der Waals surface area contributed by atoms with Gasteiger partial charge in [0.05, 0.1) is 0 Å². The monoisotopic (exact) mass is 156 g/mol. The third-order valence-electron chi connectivity index (χ3n) is 2.77. The Bertz CT molecular complexity index is 132. The van der Waals surface area contributed by atoms with Gasteiger partial charge in [0.2, 0.25) is 0 Å². The average Bonchev–Trinajstić information content (AvgIpc) is 1.85. The normalized spacial score (nSPS) is 32.2. The zero-order chi connectivity index (χ0) is 8.48. The van der Waals surface area contributed by atoms with Gasteiger partial charge in [-0.15, -0.1) is 0 Å². The minimum absolute atomic E-state index is 0.432. The minimum Gasteiger partial charge on any atom is -0.316 e. The molecule has 1 rings (SSSR count). The van der Waals surface area contributed by atoms with Gasteiger partial charge in [0.15, 0.2) is 0 Å². The first-order valence-corrected chi connectivity index (χ1v) is 4.42. The van der Waals surface area contributed by atoms with Gasteiger partial charge in [0.1, 0.15) is 0 Å². The van der Waals surface area contributed by atoms with Crippen molar-refractivity contribution in [1.82, 2.24) is 10.2 Å². The van der Waals surface area contributed by atoms with Gasteiger partial charge in [0, 0.05) is 12.6 Å². The van der Waals surface area contributed by atoms with Crippen molar-refractivity contribution in [1.29, 1.82) is 0 Å². The van der Waals surface area contributed by atoms with Crippen LogP contribution in [0.4, 0.5) is 0 Å². The molecule has 0 spiro atoms. The van der Waals surface area contributed by atoms with E-state index in [1.54, 1.807) is 0 Å². The van der Waals surface area contributed by atoms with E-state index in [2.05, 4.69) is 38.2 Å². The lowest BCUT2D eigenvalue weighted by Crippen LogP contribution is -2.52. The van der Waals surface area contributed by atoms with Gasteiger partial charge >= 0.3 is 0 Å². The van der Waals surface area contributed by atoms with E-state index in [4.69, 9.17) is 0 Å². The number of piperidine rings is 1. The molecular formula is C9H20N2. The molecule has 66 valence electrons. The van der Waals surface area contributed by atoms with Crippen LogP contribution in [-0.2, 0) is 0 Å². The summed E-state index contributed by atoms with van der Waals surface area (Å²) in [6.45, 7) is 7.11. The van der Waals surface area contributed by atoms with Gasteiger partial charge in [-0.25, -0.2) is 0 Å². The van der Waals surface area contributed by atoms with Crippen LogP contribution in [0, 0.1) is 5.41 Å². The third-order valence-corrected chi connectivity index (χ3v) is 2.77. The Balaban J connectivity index is 2.56. The van der Waals surface area contributed by atoms with Gasteiger partial charge < -0.3 is 10.2 Å². The molecule has 1 atom stereocenters. The van der Waals surface area contributed by atoms with Crippen molar-refractivity contribution < 1.29 is 0 Å². The summed E-state index contributed by atoms with van der Waals surface area (Å²) >= 11 is 0. The molecule has 0 radical (unpaired) electrons. The highest BCUT2D eigenvalue weighted by Crippen LogP contribution is 2.27. The topological polar surface area (TPSA) is 15.3 Å². The van der Waals surface area contributed by atoms with Crippen LogP contribution >= 0.6 is 0 Å². The second-order valence-corrected chi connectivity index (χ2v) is 4.36. The van der Waals surface area contributed by atoms with E-state index in [0.29, 0.717) is 11.5 Å². The quantitative estimate of drug-likeness (QED) is 0.608. The maximum absolute atomic E-state index is 3.39. The number of hydrogen-bond donors (Lipinski definition) is 1. The minimum atomic E-state index is 0.432. The highest BCUT2D eigenvalue weighted by atomic mass is 15.1. The predicted octanol–water partition coefficient (Wildman–Crippen LogP) is 0.936. The van der Waals surface area contributed by atoms with Crippen LogP contribution < -0.4 is 5.32 Å². The molecule has 1 aliphatic rings. The van der Waals surface area contributed by atoms with Gasteiger partial charge in [-0.3, -0.25) is 0 Å². The summed E-state index contributed by atoms with van der Waals surface area (Å²) in [4.78, 5) is 2.41. The molecule has 0 amide bonds. The van der Waals surface area contributed by atoms with E-state index in [-0.39, 0.29) is 0 Å². The lowest BCUT2D eigenvalue weighted by atomic mass is 9.79. The molecular weight excluding hydrogens is 136 g/mol. The number of nitrogens with one attached hydrogen (secondary N) is 1. The van der Waals surface area contributed by atoms with Crippen LogP contribution in [0.1, 0.15) is 20.3 Å². The maximum atomic E-state index is 3.39. The molecule has 2 heteroatoms. The summed E-state index contributed by atoms with van der Waals surface area (Å²) in [5.41, 5.74) is 0.432. The highest BCUT2D eigenvalue weighted by molar-refractivity contribution is 4.89. The fraction of sp³-hybridized carbons (Fsp3) is 1.00. The predicted molar refractivity (Wildman–Crippen MR) is 48.7 cm³/mol. The number of hydrogen-bond acceptors (Lipinski definition) is 2. The molecule has 1 aliphatic heterocycles. The summed E-state index contributed by atoms with van der Waals surface area (Å²) in [7, 11) is 4.27. The zero-order valence-corrected chi connectivity index (χ0v) is 8.15. The van der Waals surface area contributed by atoms with Crippen molar-refractivity contribution in [3.05, 3.63) is 0 Å². The second-order valence-electron chi connectivity index (χ2n) is 4.36. The number of nitrogens with zero attached hydrogens (tertiary/aromatic N) is 1. The first kappa shape index (κ1) is 9.01. The molecule has 0 aliphatic carbocycles. The maximum Gasteiger partial charge on any atom is 0.0140 e. The van der Waals surface area contributed by atoms with Gasteiger partial charge in [0.25, 0.3) is 0 Å². The van der Waals surface area contributed by atoms with Gasteiger partial charge in [-0.05, 0) is 32.5 Å². The summed E-state index contributed by atoms with van der Waals surface area (Å²) in [6, 6.07) is 0.693. The Morgan fingerprint density at radius 2 is 2.09 bits per heavy atom. The van der Waals surface area contributed by atoms with E-state index < -0.39 is 0 Å². The highest BCUT2D eigenvalue weighted by Gasteiger charge is 2.33. The van der Waals surface area contributed by atoms with Crippen molar-refractivity contribution >= 4 is 0 Å². The smallest absolute Gasteiger partial charge is 0.0140 e. The molecule has 0 aromatic carbocycles. The first-order valence-electron chi connectivity index (χ1n) is 4.42. The molecule has 1 unspecified atom stereocenters. The van der Waals surface area contributed by atoms with Crippen molar-refractivity contribution in [2.24, 2.45) is 5.41 Å². The lowest BCUT2D eigenvalue weighted by molar-refractivity contribution is 0.101. The standard InChI is InChI=1S/C9H20N2/c1-9(2)7-11(4)6-5-8(9)10-3/h8,10H,5-7H2,1-4H3. The van der Waals surface area contributed by atoms with Crippen LogP contribution in [-0.4, -0.2) is 38.1 Å². The summed E-state index contributed by atoms with van der Waals surface area (Å²) in [5.74, 6) is 0. The Kier molecular flexibility index (Phi) is 2.55. The fourth-order valence-corrected chi connectivity index (χ4v) is 2.16. The van der Waals surface area contributed by atoms with Gasteiger partial charge in [-0.2, -0.15) is 0 Å². The third kappa shape index (κ3) is 1.94. The number of rotatable bonds is 1. The molecule has 1 heterocycles. The van der Waals surface area contributed by atoms with E-state index in [1.807, 2.05) is 0 Å².